The molecule has 1 atom stereocenters. The standard InChI is InChI=1S/C12H26O5S.Na/c1-2-3-4-5-6-7-8-9-12(17-11-13)10-18(14,15)16;/h12-13H,2-11H2,1H3,(H,14,15,16);/q;+1/p-1. The number of aliphatic hydroxyl groups excluding tert-OH is 1. The Morgan fingerprint density at radius 1 is 1.11 bits per heavy atom. The van der Waals surface area contributed by atoms with Crippen molar-refractivity contribution < 1.29 is 52.4 Å². The molecular weight excluding hydrogens is 279 g/mol. The molecule has 0 amide bonds. The molecular formula is C12H25NaO5S. The van der Waals surface area contributed by atoms with Crippen LogP contribution >= 0.6 is 0 Å². The van der Waals surface area contributed by atoms with Gasteiger partial charge in [-0.05, 0) is 6.42 Å². The number of unbranched alkanes of at least 4 members (excludes halogenated alkanes) is 6. The molecule has 0 aliphatic carbocycles. The number of rotatable bonds is 12. The summed E-state index contributed by atoms with van der Waals surface area (Å²) >= 11 is 0. The molecule has 110 valence electrons. The van der Waals surface area contributed by atoms with Crippen molar-refractivity contribution in [2.24, 2.45) is 0 Å². The van der Waals surface area contributed by atoms with E-state index in [1.165, 1.54) is 25.7 Å². The largest absolute Gasteiger partial charge is 1.00 e. The normalized spacial score (nSPS) is 13.0. The summed E-state index contributed by atoms with van der Waals surface area (Å²) < 4.78 is 36.7. The fourth-order valence-corrected chi connectivity index (χ4v) is 2.60. The van der Waals surface area contributed by atoms with Crippen LogP contribution in [-0.2, 0) is 14.9 Å². The smallest absolute Gasteiger partial charge is 0.748 e. The fourth-order valence-electron chi connectivity index (χ4n) is 1.88. The van der Waals surface area contributed by atoms with Crippen LogP contribution in [0.25, 0.3) is 0 Å². The first-order valence-electron chi connectivity index (χ1n) is 6.65. The Morgan fingerprint density at radius 2 is 1.63 bits per heavy atom. The molecule has 0 aromatic carbocycles. The van der Waals surface area contributed by atoms with Gasteiger partial charge in [-0.3, -0.25) is 0 Å². The summed E-state index contributed by atoms with van der Waals surface area (Å²) in [5, 5.41) is 8.61. The van der Waals surface area contributed by atoms with Crippen molar-refractivity contribution in [2.75, 3.05) is 12.5 Å². The van der Waals surface area contributed by atoms with Crippen molar-refractivity contribution in [3.05, 3.63) is 0 Å². The maximum atomic E-state index is 10.6. The zero-order chi connectivity index (χ0) is 13.9. The molecule has 0 aliphatic heterocycles. The van der Waals surface area contributed by atoms with Crippen molar-refractivity contribution in [1.29, 1.82) is 0 Å². The molecule has 5 nitrogen and oxygen atoms in total. The molecule has 1 unspecified atom stereocenters. The Balaban J connectivity index is 0. The Morgan fingerprint density at radius 3 is 2.11 bits per heavy atom. The van der Waals surface area contributed by atoms with Crippen molar-refractivity contribution in [3.63, 3.8) is 0 Å². The number of ether oxygens (including phenoxy) is 1. The van der Waals surface area contributed by atoms with Gasteiger partial charge in [0.25, 0.3) is 0 Å². The van der Waals surface area contributed by atoms with Gasteiger partial charge in [0.15, 0.2) is 0 Å². The first-order chi connectivity index (χ1) is 8.49. The second kappa shape index (κ2) is 13.8. The summed E-state index contributed by atoms with van der Waals surface area (Å²) in [6, 6.07) is 0. The van der Waals surface area contributed by atoms with E-state index in [4.69, 9.17) is 9.84 Å². The molecule has 0 spiro atoms. The van der Waals surface area contributed by atoms with Crippen LogP contribution in [-0.4, -0.2) is 36.7 Å². The van der Waals surface area contributed by atoms with E-state index in [1.807, 2.05) is 0 Å². The van der Waals surface area contributed by atoms with Crippen LogP contribution in [0.4, 0.5) is 0 Å². The van der Waals surface area contributed by atoms with E-state index < -0.39 is 28.8 Å². The molecule has 1 N–H and O–H groups in total. The molecule has 0 aromatic rings. The summed E-state index contributed by atoms with van der Waals surface area (Å²) in [5.41, 5.74) is 0. The molecule has 0 heterocycles. The molecule has 0 saturated carbocycles. The van der Waals surface area contributed by atoms with Gasteiger partial charge in [-0.1, -0.05) is 51.9 Å². The number of hydrogen-bond acceptors (Lipinski definition) is 5. The zero-order valence-electron chi connectivity index (χ0n) is 12.1. The summed E-state index contributed by atoms with van der Waals surface area (Å²) in [4.78, 5) is 0. The maximum absolute atomic E-state index is 10.6. The van der Waals surface area contributed by atoms with E-state index in [9.17, 15) is 13.0 Å². The molecule has 19 heavy (non-hydrogen) atoms. The van der Waals surface area contributed by atoms with Gasteiger partial charge in [0.2, 0.25) is 0 Å². The Labute approximate surface area is 139 Å². The topological polar surface area (TPSA) is 86.7 Å². The van der Waals surface area contributed by atoms with Crippen molar-refractivity contribution >= 4 is 10.1 Å². The van der Waals surface area contributed by atoms with E-state index in [0.29, 0.717) is 6.42 Å². The van der Waals surface area contributed by atoms with Crippen LogP contribution in [0.15, 0.2) is 0 Å². The number of hydrogen-bond donors (Lipinski definition) is 1. The average molecular weight is 304 g/mol. The van der Waals surface area contributed by atoms with Crippen molar-refractivity contribution in [3.8, 4) is 0 Å². The average Bonchev–Trinajstić information content (AvgIpc) is 2.26. The predicted octanol–water partition coefficient (Wildman–Crippen LogP) is -0.989. The molecule has 0 radical (unpaired) electrons. The molecule has 0 aromatic heterocycles. The molecule has 7 heteroatoms. The van der Waals surface area contributed by atoms with Crippen LogP contribution in [0, 0.1) is 0 Å². The van der Waals surface area contributed by atoms with Gasteiger partial charge in [-0.25, -0.2) is 8.42 Å². The summed E-state index contributed by atoms with van der Waals surface area (Å²) in [6.45, 7) is 1.62. The third-order valence-corrected chi connectivity index (χ3v) is 3.61. The van der Waals surface area contributed by atoms with Gasteiger partial charge in [0, 0.05) is 0 Å². The van der Waals surface area contributed by atoms with Crippen LogP contribution in [0.2, 0.25) is 0 Å². The third-order valence-electron chi connectivity index (χ3n) is 2.83. The molecule has 0 rings (SSSR count). The summed E-state index contributed by atoms with van der Waals surface area (Å²) in [7, 11) is -4.29. The van der Waals surface area contributed by atoms with Gasteiger partial charge in [0.1, 0.15) is 6.79 Å². The van der Waals surface area contributed by atoms with Crippen LogP contribution in [0.1, 0.15) is 58.3 Å². The Kier molecular flexibility index (Phi) is 16.1. The van der Waals surface area contributed by atoms with E-state index in [0.717, 1.165) is 19.3 Å². The van der Waals surface area contributed by atoms with Gasteiger partial charge in [-0.2, -0.15) is 0 Å². The Hall–Kier alpha value is 0.830. The van der Waals surface area contributed by atoms with Gasteiger partial charge < -0.3 is 14.4 Å². The van der Waals surface area contributed by atoms with E-state index >= 15 is 0 Å². The summed E-state index contributed by atoms with van der Waals surface area (Å²) in [5.74, 6) is -0.552. The molecule has 0 saturated heterocycles. The zero-order valence-corrected chi connectivity index (χ0v) is 15.0. The molecule has 0 aliphatic rings. The summed E-state index contributed by atoms with van der Waals surface area (Å²) in [6.07, 6.45) is 7.69. The minimum Gasteiger partial charge on any atom is -0.748 e. The predicted molar refractivity (Wildman–Crippen MR) is 69.1 cm³/mol. The van der Waals surface area contributed by atoms with Crippen LogP contribution in [0.5, 0.6) is 0 Å². The van der Waals surface area contributed by atoms with E-state index in [-0.39, 0.29) is 29.6 Å². The quantitative estimate of drug-likeness (QED) is 0.216. The minimum atomic E-state index is -4.29. The van der Waals surface area contributed by atoms with Crippen LogP contribution < -0.4 is 29.6 Å². The van der Waals surface area contributed by atoms with Crippen molar-refractivity contribution in [1.82, 2.24) is 0 Å². The second-order valence-corrected chi connectivity index (χ2v) is 6.00. The van der Waals surface area contributed by atoms with Gasteiger partial charge in [-0.15, -0.1) is 0 Å². The SMILES string of the molecule is CCCCCCCCCC(CS(=O)(=O)[O-])OCO.[Na+]. The van der Waals surface area contributed by atoms with Crippen molar-refractivity contribution in [2.45, 2.75) is 64.4 Å². The van der Waals surface area contributed by atoms with Crippen LogP contribution in [0.3, 0.4) is 0 Å². The molecule has 0 fully saturated rings. The van der Waals surface area contributed by atoms with E-state index in [1.54, 1.807) is 0 Å². The first kappa shape index (κ1) is 22.1. The fraction of sp³-hybridized carbons (Fsp3) is 1.00. The monoisotopic (exact) mass is 304 g/mol. The Bertz CT molecular complexity index is 282. The van der Waals surface area contributed by atoms with E-state index in [2.05, 4.69) is 6.92 Å². The second-order valence-electron chi connectivity index (χ2n) is 4.55. The van der Waals surface area contributed by atoms with Gasteiger partial charge >= 0.3 is 29.6 Å². The number of aliphatic hydroxyl groups is 1. The van der Waals surface area contributed by atoms with Gasteiger partial charge in [0.05, 0.1) is 22.0 Å². The molecule has 0 bridgehead atoms. The minimum absolute atomic E-state index is 0. The maximum Gasteiger partial charge on any atom is 1.00 e. The third kappa shape index (κ3) is 16.8. The first-order valence-corrected chi connectivity index (χ1v) is 8.23.